The fourth-order valence-electron chi connectivity index (χ4n) is 14.5. The first-order chi connectivity index (χ1) is 57.2. The molecule has 2 fully saturated rings. The molecular formula is C81H90Cl4N12O23. The second-order valence-electron chi connectivity index (χ2n) is 29.7. The summed E-state index contributed by atoms with van der Waals surface area (Å²) in [6.45, 7) is 4.79. The standard InChI is InChI=1S/C81H90Cl4N12O23/c1-33(2)19-50(89-4)74(107)96-65-68(103)38-9-15-54(47(84)22-38)116-56-24-40-25-57(72(56)120-81-73(71(106)70(105)58(30-87)118-81)119-60-29-49(67(102)34(3)115-60)91-31-35-5-11-42(12-6-35)114-32-36-7-13-45(82)46(83)20-36)117-55-16-10-39(23-48(55)85)69(104)66-80(113)95-64(76(109)90-18-17-86)44-26-41(98)27-53(100)61(44)43-21-37(8-14-52(43)99)62(77(110)97-66)94-78(111)63(40)93-75(108)51(28-59(88)101)92-79(65)112/h5-16,20-27,33-34,49-51,58,60,62-71,73,81,89,91,98-100,102-106H,17-19,28-32,86-87H2,1-4H3,(H2,88,101)(H,90,109)(H,92,112)(H,93,108)(H,94,111)(H,95,113)(H,96,107)(H,97,110)/t34?,49?,50-,51+,58?,60?,62?,63-,64+,65-,66+,67?,68-,69-,70?,71?,73?,81?/m1/s1. The van der Waals surface area contributed by atoms with Crippen molar-refractivity contribution in [1.82, 2.24) is 47.9 Å². The van der Waals surface area contributed by atoms with Crippen molar-refractivity contribution in [2.45, 2.75) is 163 Å². The van der Waals surface area contributed by atoms with Crippen molar-refractivity contribution in [3.63, 3.8) is 0 Å². The number of halogens is 4. The summed E-state index contributed by atoms with van der Waals surface area (Å²) in [5.74, 6) is -14.1. The number of primary amides is 1. The van der Waals surface area contributed by atoms with Crippen LogP contribution in [-0.4, -0.2) is 194 Å². The number of ether oxygens (including phenoxy) is 7. The molecule has 0 aromatic heterocycles. The summed E-state index contributed by atoms with van der Waals surface area (Å²) in [6, 6.07) is 11.9. The van der Waals surface area contributed by atoms with Gasteiger partial charge in [-0.3, -0.25) is 38.4 Å². The minimum atomic E-state index is -2.34. The predicted octanol–water partition coefficient (Wildman–Crippen LogP) is 3.39. The number of fused-ring (bicyclic) bond motifs is 15. The highest BCUT2D eigenvalue weighted by Crippen LogP contribution is 2.50. The summed E-state index contributed by atoms with van der Waals surface area (Å²) in [7, 11) is 1.48. The van der Waals surface area contributed by atoms with Gasteiger partial charge in [-0.05, 0) is 144 Å². The highest BCUT2D eigenvalue weighted by atomic mass is 35.5. The summed E-state index contributed by atoms with van der Waals surface area (Å²) in [6.07, 6.45) is -17.9. The number of aromatic hydroxyl groups is 3. The van der Waals surface area contributed by atoms with E-state index in [0.717, 1.165) is 65.7 Å². The molecule has 7 heterocycles. The van der Waals surface area contributed by atoms with E-state index in [9.17, 15) is 55.2 Å². The Labute approximate surface area is 706 Å². The minimum absolute atomic E-state index is 0.103. The van der Waals surface area contributed by atoms with Gasteiger partial charge in [-0.1, -0.05) is 96.6 Å². The zero-order valence-electron chi connectivity index (χ0n) is 64.6. The second-order valence-corrected chi connectivity index (χ2v) is 31.4. The van der Waals surface area contributed by atoms with Crippen LogP contribution in [0.25, 0.3) is 11.1 Å². The third-order valence-corrected chi connectivity index (χ3v) is 22.1. The van der Waals surface area contributed by atoms with Gasteiger partial charge in [-0.25, -0.2) is 0 Å². The molecule has 7 aromatic carbocycles. The fraction of sp³-hybridized carbons (Fsp3) is 0.383. The molecule has 23 N–H and O–H groups in total. The normalized spacial score (nSPS) is 25.9. The van der Waals surface area contributed by atoms with Crippen LogP contribution in [0.4, 0.5) is 0 Å². The van der Waals surface area contributed by atoms with Crippen molar-refractivity contribution in [2.75, 3.05) is 26.7 Å². The summed E-state index contributed by atoms with van der Waals surface area (Å²) >= 11 is 26.7. The van der Waals surface area contributed by atoms with Gasteiger partial charge in [0.25, 0.3) is 0 Å². The molecule has 120 heavy (non-hydrogen) atoms. The quantitative estimate of drug-likeness (QED) is 0.0490. The molecule has 39 heteroatoms. The van der Waals surface area contributed by atoms with E-state index in [2.05, 4.69) is 47.9 Å². The Balaban J connectivity index is 1.01. The van der Waals surface area contributed by atoms with Crippen molar-refractivity contribution >= 4 is 93.7 Å². The number of likely N-dealkylation sites (N-methyl/N-ethyl adjacent to an activating group) is 1. The molecule has 640 valence electrons. The highest BCUT2D eigenvalue weighted by Gasteiger charge is 2.51. The molecule has 0 radical (unpaired) electrons. The van der Waals surface area contributed by atoms with E-state index in [1.807, 2.05) is 26.0 Å². The first-order valence-corrected chi connectivity index (χ1v) is 39.6. The van der Waals surface area contributed by atoms with E-state index in [0.29, 0.717) is 15.8 Å². The summed E-state index contributed by atoms with van der Waals surface area (Å²) in [4.78, 5) is 120. The number of amides is 8. The first-order valence-electron chi connectivity index (χ1n) is 38.1. The lowest BCUT2D eigenvalue weighted by molar-refractivity contribution is -0.327. The van der Waals surface area contributed by atoms with E-state index >= 15 is 24.0 Å². The van der Waals surface area contributed by atoms with Crippen molar-refractivity contribution in [3.8, 4) is 62.9 Å². The Morgan fingerprint density at radius 3 is 1.91 bits per heavy atom. The van der Waals surface area contributed by atoms with Gasteiger partial charge in [0.1, 0.15) is 108 Å². The second kappa shape index (κ2) is 38.5. The molecule has 0 saturated carbocycles. The van der Waals surface area contributed by atoms with E-state index < -0.39 is 226 Å². The Kier molecular flexibility index (Phi) is 28.5. The maximum Gasteiger partial charge on any atom is 0.248 e. The average Bonchev–Trinajstić information content (AvgIpc) is 0.762. The number of phenolic OH excluding ortho intramolecular Hbond substituents is 3. The van der Waals surface area contributed by atoms with Crippen LogP contribution in [0, 0.1) is 5.92 Å². The Morgan fingerprint density at radius 1 is 0.633 bits per heavy atom. The fourth-order valence-corrected chi connectivity index (χ4v) is 15.3. The Morgan fingerprint density at radius 2 is 1.27 bits per heavy atom. The predicted molar refractivity (Wildman–Crippen MR) is 431 cm³/mol. The lowest BCUT2D eigenvalue weighted by atomic mass is 9.89. The molecule has 18 atom stereocenters. The summed E-state index contributed by atoms with van der Waals surface area (Å²) < 4.78 is 45.7. The molecule has 10 unspecified atom stereocenters. The number of carbonyl (C=O) groups excluding carboxylic acids is 8. The van der Waals surface area contributed by atoms with Gasteiger partial charge >= 0.3 is 0 Å². The summed E-state index contributed by atoms with van der Waals surface area (Å²) in [5.41, 5.74) is 17.0. The average molecular weight is 1740 g/mol. The molecule has 11 bridgehead atoms. The van der Waals surface area contributed by atoms with Crippen LogP contribution in [0.1, 0.15) is 109 Å². The number of nitrogens with two attached hydrogens (primary N) is 3. The maximum atomic E-state index is 16.3. The molecule has 8 amide bonds. The van der Waals surface area contributed by atoms with Crippen molar-refractivity contribution < 1.29 is 112 Å². The van der Waals surface area contributed by atoms with Gasteiger partial charge in [-0.2, -0.15) is 0 Å². The SMILES string of the molecule is CN[C@H](CC(C)C)C(=O)N[C@H]1C(=O)N[C@@H](CC(N)=O)C(=O)N[C@H]2C(=O)NC3C(=O)N[C@H](C(=O)N[C@H](C(=O)NCCN)c4cc(O)cc(O)c4-c4cc3ccc4O)[C@H](O)c3ccc(c(Cl)c3)Oc3cc2cc(c3OC2OC(CN)C(O)C(O)C2OC2CC(NCc3ccc(OCc4ccc(Cl)c(Cl)c4)cc3)C(O)C(C)O2)Oc2ccc(cc2Cl)[C@H]1O. The van der Waals surface area contributed by atoms with Crippen LogP contribution in [0.3, 0.4) is 0 Å². The zero-order valence-corrected chi connectivity index (χ0v) is 67.6. The number of hydrogen-bond acceptors (Lipinski definition) is 27. The van der Waals surface area contributed by atoms with Crippen LogP contribution in [0.15, 0.2) is 121 Å². The Hall–Kier alpha value is -10.4. The van der Waals surface area contributed by atoms with Crippen LogP contribution < -0.4 is 84.0 Å². The van der Waals surface area contributed by atoms with Gasteiger partial charge in [-0.15, -0.1) is 0 Å². The van der Waals surface area contributed by atoms with E-state index in [1.165, 1.54) is 31.3 Å². The monoisotopic (exact) mass is 1740 g/mol. The molecule has 0 spiro atoms. The molecule has 0 aliphatic carbocycles. The lowest BCUT2D eigenvalue weighted by Crippen LogP contribution is -2.63. The molecule has 7 aromatic rings. The van der Waals surface area contributed by atoms with Crippen LogP contribution >= 0.6 is 46.4 Å². The highest BCUT2D eigenvalue weighted by molar-refractivity contribution is 6.42. The van der Waals surface area contributed by atoms with E-state index in [4.69, 9.17) is 96.8 Å². The number of benzene rings is 7. The Bertz CT molecular complexity index is 5020. The third-order valence-electron chi connectivity index (χ3n) is 20.8. The number of rotatable bonds is 21. The van der Waals surface area contributed by atoms with Gasteiger partial charge in [0.15, 0.2) is 23.9 Å². The molecule has 35 nitrogen and oxygen atoms in total. The van der Waals surface area contributed by atoms with Crippen LogP contribution in [-0.2, 0) is 65.7 Å². The molecule has 14 rings (SSSR count). The number of hydrogen-bond donors (Lipinski definition) is 20. The zero-order chi connectivity index (χ0) is 86.4. The summed E-state index contributed by atoms with van der Waals surface area (Å²) in [5, 5.41) is 119. The minimum Gasteiger partial charge on any atom is -0.508 e. The first kappa shape index (κ1) is 88.9. The largest absolute Gasteiger partial charge is 0.508 e. The maximum absolute atomic E-state index is 16.3. The molecule has 2 saturated heterocycles. The number of nitrogens with one attached hydrogen (secondary N) is 9. The van der Waals surface area contributed by atoms with Gasteiger partial charge in [0.2, 0.25) is 59.3 Å². The number of aliphatic hydroxyl groups excluding tert-OH is 5. The van der Waals surface area contributed by atoms with Gasteiger partial charge in [0.05, 0.1) is 44.8 Å². The number of carbonyl (C=O) groups is 8. The number of aliphatic hydroxyl groups is 5. The van der Waals surface area contributed by atoms with Crippen molar-refractivity contribution in [1.29, 1.82) is 0 Å². The van der Waals surface area contributed by atoms with Crippen molar-refractivity contribution in [2.24, 2.45) is 23.1 Å². The lowest BCUT2D eigenvalue weighted by Gasteiger charge is -2.45. The molecular weight excluding hydrogens is 1650 g/mol. The number of phenols is 3. The van der Waals surface area contributed by atoms with Crippen molar-refractivity contribution in [3.05, 3.63) is 180 Å². The smallest absolute Gasteiger partial charge is 0.248 e. The topological polar surface area (TPSA) is 549 Å². The third kappa shape index (κ3) is 20.3. The molecule has 7 aliphatic rings. The van der Waals surface area contributed by atoms with E-state index in [1.54, 1.807) is 37.3 Å². The van der Waals surface area contributed by atoms with Gasteiger partial charge < -0.3 is 139 Å². The van der Waals surface area contributed by atoms with Gasteiger partial charge in [0, 0.05) is 55.8 Å². The molecule has 7 aliphatic heterocycles. The van der Waals surface area contributed by atoms with Crippen LogP contribution in [0.2, 0.25) is 20.1 Å². The van der Waals surface area contributed by atoms with E-state index in [-0.39, 0.29) is 83.8 Å². The van der Waals surface area contributed by atoms with Crippen LogP contribution in [0.5, 0.6) is 51.7 Å².